The van der Waals surface area contributed by atoms with Gasteiger partial charge in [-0.25, -0.2) is 0 Å². The van der Waals surface area contributed by atoms with Crippen LogP contribution in [0.15, 0.2) is 28.8 Å². The Balaban J connectivity index is 1.50. The summed E-state index contributed by atoms with van der Waals surface area (Å²) < 4.78 is 16.0. The molecule has 8 heteroatoms. The zero-order chi connectivity index (χ0) is 19.2. The minimum Gasteiger partial charge on any atom is -0.496 e. The van der Waals surface area contributed by atoms with E-state index in [0.717, 1.165) is 5.56 Å². The molecule has 0 bridgehead atoms. The predicted octanol–water partition coefficient (Wildman–Crippen LogP) is 1.68. The number of rotatable bonds is 8. The molecule has 1 aromatic heterocycles. The molecule has 1 aromatic carbocycles. The third kappa shape index (κ3) is 4.64. The molecule has 27 heavy (non-hydrogen) atoms. The van der Waals surface area contributed by atoms with E-state index in [1.165, 1.54) is 0 Å². The quantitative estimate of drug-likeness (QED) is 0.749. The number of hydrogen-bond acceptors (Lipinski definition) is 7. The zero-order valence-corrected chi connectivity index (χ0v) is 15.6. The second kappa shape index (κ2) is 8.96. The number of nitrogens with zero attached hydrogens (tertiary/aromatic N) is 3. The molecule has 1 fully saturated rings. The monoisotopic (exact) mass is 375 g/mol. The van der Waals surface area contributed by atoms with E-state index in [9.17, 15) is 9.90 Å². The molecule has 146 valence electrons. The second-order valence-electron chi connectivity index (χ2n) is 6.43. The molecule has 2 aromatic rings. The van der Waals surface area contributed by atoms with Gasteiger partial charge in [0.25, 0.3) is 0 Å². The van der Waals surface area contributed by atoms with E-state index < -0.39 is 6.10 Å². The lowest BCUT2D eigenvalue weighted by Crippen LogP contribution is -2.30. The molecule has 2 heterocycles. The van der Waals surface area contributed by atoms with Gasteiger partial charge >= 0.3 is 0 Å². The number of amides is 1. The first-order valence-electron chi connectivity index (χ1n) is 9.15. The van der Waals surface area contributed by atoms with E-state index in [4.69, 9.17) is 14.0 Å². The fraction of sp³-hybridized carbons (Fsp3) is 0.526. The number of aryl methyl sites for hydroxylation is 1. The highest BCUT2D eigenvalue weighted by molar-refractivity contribution is 5.76. The second-order valence-corrected chi connectivity index (χ2v) is 6.43. The van der Waals surface area contributed by atoms with Crippen molar-refractivity contribution in [3.63, 3.8) is 0 Å². The smallest absolute Gasteiger partial charge is 0.226 e. The number of hydrogen-bond donors (Lipinski definition) is 1. The Morgan fingerprint density at radius 2 is 2.19 bits per heavy atom. The van der Waals surface area contributed by atoms with E-state index in [2.05, 4.69) is 10.1 Å². The molecule has 0 spiro atoms. The third-order valence-electron chi connectivity index (χ3n) is 4.57. The molecule has 0 saturated carbocycles. The van der Waals surface area contributed by atoms with Gasteiger partial charge in [0.1, 0.15) is 11.9 Å². The van der Waals surface area contributed by atoms with Crippen LogP contribution in [-0.4, -0.2) is 65.1 Å². The lowest BCUT2D eigenvalue weighted by molar-refractivity contribution is -0.130. The van der Waals surface area contributed by atoms with Gasteiger partial charge in [-0.15, -0.1) is 0 Å². The summed E-state index contributed by atoms with van der Waals surface area (Å²) in [4.78, 5) is 18.4. The standard InChI is InChI=1S/C19H25N3O5/c1-3-26-16-12-22(11-14(16)23)18(24)10-6-9-17-20-19(21-27-17)13-7-4-5-8-15(13)25-2/h4-5,7-8,14,16,23H,3,6,9-12H2,1-2H3/t14-,16-/m0/s1. The number of likely N-dealkylation sites (tertiary alicyclic amines) is 1. The number of aliphatic hydroxyl groups excluding tert-OH is 1. The number of aromatic nitrogens is 2. The highest BCUT2D eigenvalue weighted by Crippen LogP contribution is 2.27. The van der Waals surface area contributed by atoms with Crippen molar-refractivity contribution >= 4 is 5.91 Å². The van der Waals surface area contributed by atoms with Crippen LogP contribution in [0.1, 0.15) is 25.7 Å². The Morgan fingerprint density at radius 1 is 1.37 bits per heavy atom. The number of para-hydroxylation sites is 1. The molecule has 0 aliphatic carbocycles. The van der Waals surface area contributed by atoms with Crippen LogP contribution in [0, 0.1) is 0 Å². The van der Waals surface area contributed by atoms with E-state index in [1.54, 1.807) is 12.0 Å². The number of β-amino-alcohol motifs (C(OH)–C–C–N with tert-alkyl or cyclic N) is 1. The molecule has 1 saturated heterocycles. The summed E-state index contributed by atoms with van der Waals surface area (Å²) in [6, 6.07) is 7.46. The summed E-state index contributed by atoms with van der Waals surface area (Å²) >= 11 is 0. The van der Waals surface area contributed by atoms with Crippen LogP contribution >= 0.6 is 0 Å². The number of benzene rings is 1. The Hall–Kier alpha value is -2.45. The van der Waals surface area contributed by atoms with Gasteiger partial charge in [-0.05, 0) is 25.5 Å². The average Bonchev–Trinajstić information content (AvgIpc) is 3.29. The van der Waals surface area contributed by atoms with Gasteiger partial charge < -0.3 is 24.0 Å². The summed E-state index contributed by atoms with van der Waals surface area (Å²) in [5.74, 6) is 1.63. The number of aliphatic hydroxyl groups is 1. The van der Waals surface area contributed by atoms with E-state index in [-0.39, 0.29) is 12.0 Å². The van der Waals surface area contributed by atoms with Crippen LogP contribution in [0.2, 0.25) is 0 Å². The molecule has 1 N–H and O–H groups in total. The van der Waals surface area contributed by atoms with Gasteiger partial charge in [-0.3, -0.25) is 4.79 Å². The fourth-order valence-corrected chi connectivity index (χ4v) is 3.18. The van der Waals surface area contributed by atoms with Crippen LogP contribution in [0.25, 0.3) is 11.4 Å². The molecule has 8 nitrogen and oxygen atoms in total. The van der Waals surface area contributed by atoms with Gasteiger partial charge in [-0.1, -0.05) is 17.3 Å². The van der Waals surface area contributed by atoms with Crippen LogP contribution in [0.3, 0.4) is 0 Å². The number of ether oxygens (including phenoxy) is 2. The topological polar surface area (TPSA) is 97.9 Å². The van der Waals surface area contributed by atoms with Crippen LogP contribution in [0.4, 0.5) is 0 Å². The molecule has 3 rings (SSSR count). The van der Waals surface area contributed by atoms with Gasteiger partial charge in [-0.2, -0.15) is 4.98 Å². The Labute approximate surface area is 158 Å². The molecule has 1 aliphatic rings. The molecule has 1 aliphatic heterocycles. The van der Waals surface area contributed by atoms with Crippen molar-refractivity contribution in [1.82, 2.24) is 15.0 Å². The van der Waals surface area contributed by atoms with Crippen molar-refractivity contribution in [2.24, 2.45) is 0 Å². The maximum absolute atomic E-state index is 12.3. The molecular formula is C19H25N3O5. The molecule has 0 radical (unpaired) electrons. The first-order valence-corrected chi connectivity index (χ1v) is 9.15. The van der Waals surface area contributed by atoms with Gasteiger partial charge in [0.05, 0.1) is 18.8 Å². The Bertz CT molecular complexity index is 763. The van der Waals surface area contributed by atoms with Crippen molar-refractivity contribution in [2.45, 2.75) is 38.4 Å². The molecule has 1 amide bonds. The van der Waals surface area contributed by atoms with E-state index in [0.29, 0.717) is 56.4 Å². The minimum atomic E-state index is -0.617. The summed E-state index contributed by atoms with van der Waals surface area (Å²) in [6.07, 6.45) is 0.557. The molecular weight excluding hydrogens is 350 g/mol. The Morgan fingerprint density at radius 3 is 2.96 bits per heavy atom. The fourth-order valence-electron chi connectivity index (χ4n) is 3.18. The predicted molar refractivity (Wildman–Crippen MR) is 97.2 cm³/mol. The lowest BCUT2D eigenvalue weighted by Gasteiger charge is -2.15. The summed E-state index contributed by atoms with van der Waals surface area (Å²) in [5, 5.41) is 13.9. The van der Waals surface area contributed by atoms with Crippen molar-refractivity contribution < 1.29 is 23.9 Å². The number of carbonyl (C=O) groups is 1. The first kappa shape index (κ1) is 19.3. The van der Waals surface area contributed by atoms with Gasteiger partial charge in [0, 0.05) is 32.5 Å². The summed E-state index contributed by atoms with van der Waals surface area (Å²) in [5.41, 5.74) is 0.763. The highest BCUT2D eigenvalue weighted by atomic mass is 16.5. The minimum absolute atomic E-state index is 0.000667. The normalized spacial score (nSPS) is 19.4. The third-order valence-corrected chi connectivity index (χ3v) is 4.57. The van der Waals surface area contributed by atoms with Crippen molar-refractivity contribution in [2.75, 3.05) is 26.8 Å². The SMILES string of the molecule is CCO[C@H]1CN(C(=O)CCCc2nc(-c3ccccc3OC)no2)C[C@@H]1O. The largest absolute Gasteiger partial charge is 0.496 e. The lowest BCUT2D eigenvalue weighted by atomic mass is 10.2. The molecule has 2 atom stereocenters. The van der Waals surface area contributed by atoms with Crippen molar-refractivity contribution in [3.8, 4) is 17.1 Å². The van der Waals surface area contributed by atoms with Gasteiger partial charge in [0.2, 0.25) is 17.6 Å². The highest BCUT2D eigenvalue weighted by Gasteiger charge is 2.34. The van der Waals surface area contributed by atoms with Crippen LogP contribution in [0.5, 0.6) is 5.75 Å². The zero-order valence-electron chi connectivity index (χ0n) is 15.6. The maximum atomic E-state index is 12.3. The van der Waals surface area contributed by atoms with Crippen LogP contribution < -0.4 is 4.74 Å². The van der Waals surface area contributed by atoms with Crippen molar-refractivity contribution in [1.29, 1.82) is 0 Å². The van der Waals surface area contributed by atoms with E-state index in [1.807, 2.05) is 31.2 Å². The van der Waals surface area contributed by atoms with E-state index >= 15 is 0 Å². The number of methoxy groups -OCH3 is 1. The van der Waals surface area contributed by atoms with Gasteiger partial charge in [0.15, 0.2) is 0 Å². The first-order chi connectivity index (χ1) is 13.1. The average molecular weight is 375 g/mol. The maximum Gasteiger partial charge on any atom is 0.226 e. The van der Waals surface area contributed by atoms with Crippen molar-refractivity contribution in [3.05, 3.63) is 30.2 Å². The molecule has 0 unspecified atom stereocenters. The summed E-state index contributed by atoms with van der Waals surface area (Å²) in [7, 11) is 1.59. The Kier molecular flexibility index (Phi) is 6.41. The van der Waals surface area contributed by atoms with Crippen LogP contribution in [-0.2, 0) is 16.0 Å². The number of carbonyl (C=O) groups excluding carboxylic acids is 1. The summed E-state index contributed by atoms with van der Waals surface area (Å²) in [6.45, 7) is 3.16.